The first-order chi connectivity index (χ1) is 19.0. The van der Waals surface area contributed by atoms with Gasteiger partial charge in [-0.25, -0.2) is 0 Å². The Bertz CT molecular complexity index is 1200. The van der Waals surface area contributed by atoms with Gasteiger partial charge >= 0.3 is 0 Å². The fourth-order valence-electron chi connectivity index (χ4n) is 4.85. The van der Waals surface area contributed by atoms with E-state index in [0.29, 0.717) is 0 Å². The number of hydrogen-bond donors (Lipinski definition) is 2. The van der Waals surface area contributed by atoms with Crippen molar-refractivity contribution < 1.29 is 0 Å². The zero-order valence-electron chi connectivity index (χ0n) is 24.7. The molecule has 0 fully saturated rings. The highest BCUT2D eigenvalue weighted by Gasteiger charge is 2.04. The van der Waals surface area contributed by atoms with Gasteiger partial charge in [0.25, 0.3) is 0 Å². The van der Waals surface area contributed by atoms with Crippen molar-refractivity contribution >= 4 is 28.4 Å². The quantitative estimate of drug-likeness (QED) is 0.128. The normalized spacial score (nSPS) is 11.8. The van der Waals surface area contributed by atoms with Gasteiger partial charge in [-0.3, -0.25) is 9.97 Å². The number of rotatable bonds is 18. The highest BCUT2D eigenvalue weighted by molar-refractivity contribution is 5.91. The van der Waals surface area contributed by atoms with E-state index in [0.717, 1.165) is 29.9 Å². The molecule has 5 nitrogen and oxygen atoms in total. The maximum Gasteiger partial charge on any atom is 0.0725 e. The third-order valence-corrected chi connectivity index (χ3v) is 7.39. The third-order valence-electron chi connectivity index (χ3n) is 7.39. The Balaban J connectivity index is 1.18. The predicted molar refractivity (Wildman–Crippen MR) is 171 cm³/mol. The minimum atomic E-state index is 1.01. The molecule has 2 heterocycles. The fourth-order valence-corrected chi connectivity index (χ4v) is 4.85. The lowest BCUT2D eigenvalue weighted by atomic mass is 10.1. The van der Waals surface area contributed by atoms with Crippen molar-refractivity contribution in [1.82, 2.24) is 14.9 Å². The zero-order chi connectivity index (χ0) is 27.9. The van der Waals surface area contributed by atoms with Crippen LogP contribution < -0.4 is 10.6 Å². The number of unbranched alkanes of at least 4 members (excludes halogenated alkanes) is 6. The highest BCUT2D eigenvalue weighted by Crippen LogP contribution is 2.22. The van der Waals surface area contributed by atoms with Crippen molar-refractivity contribution in [3.63, 3.8) is 0 Å². The van der Waals surface area contributed by atoms with Gasteiger partial charge in [-0.15, -0.1) is 0 Å². The van der Waals surface area contributed by atoms with E-state index in [2.05, 4.69) is 96.3 Å². The molecule has 0 aliphatic heterocycles. The van der Waals surface area contributed by atoms with Crippen LogP contribution in [-0.4, -0.2) is 48.1 Å². The summed E-state index contributed by atoms with van der Waals surface area (Å²) in [7, 11) is 2.27. The average molecular weight is 528 g/mol. The smallest absolute Gasteiger partial charge is 0.0725 e. The summed E-state index contributed by atoms with van der Waals surface area (Å²) in [4.78, 5) is 11.5. The monoisotopic (exact) mass is 527 g/mol. The summed E-state index contributed by atoms with van der Waals surface area (Å²) in [5.74, 6) is 0. The number of pyridine rings is 2. The molecule has 0 spiro atoms. The largest absolute Gasteiger partial charge is 0.385 e. The summed E-state index contributed by atoms with van der Waals surface area (Å²) in [5.41, 5.74) is 8.06. The van der Waals surface area contributed by atoms with Crippen molar-refractivity contribution in [2.45, 2.75) is 72.1 Å². The molecule has 0 radical (unpaired) electrons. The number of hydrogen-bond acceptors (Lipinski definition) is 5. The molecule has 210 valence electrons. The summed E-state index contributed by atoms with van der Waals surface area (Å²) in [6, 6.07) is 10.7. The van der Waals surface area contributed by atoms with Crippen LogP contribution in [0.3, 0.4) is 0 Å². The molecule has 0 unspecified atom stereocenters. The Labute approximate surface area is 236 Å². The minimum absolute atomic E-state index is 1.01. The fraction of sp³-hybridized carbons (Fsp3) is 0.471. The molecule has 39 heavy (non-hydrogen) atoms. The van der Waals surface area contributed by atoms with E-state index in [1.165, 1.54) is 92.3 Å². The van der Waals surface area contributed by atoms with Gasteiger partial charge in [-0.2, -0.15) is 0 Å². The van der Waals surface area contributed by atoms with Crippen LogP contribution in [0.15, 0.2) is 61.0 Å². The minimum Gasteiger partial charge on any atom is -0.385 e. The average Bonchev–Trinajstić information content (AvgIpc) is 2.93. The SMILES string of the molecule is C=C/C(C)=C\c1nccc(NCCCCCCN(C)CCCCCCNc2ccnc3cc(C)ccc23)c1C. The van der Waals surface area contributed by atoms with Crippen LogP contribution in [0, 0.1) is 13.8 Å². The molecule has 5 heteroatoms. The molecule has 0 bridgehead atoms. The predicted octanol–water partition coefficient (Wildman–Crippen LogP) is 8.41. The van der Waals surface area contributed by atoms with Gasteiger partial charge in [0.05, 0.1) is 11.2 Å². The van der Waals surface area contributed by atoms with Crippen LogP contribution in [0.5, 0.6) is 0 Å². The number of aromatic nitrogens is 2. The number of nitrogens with zero attached hydrogens (tertiary/aromatic N) is 3. The molecule has 0 saturated carbocycles. The molecule has 3 aromatic rings. The molecular weight excluding hydrogens is 478 g/mol. The second-order valence-corrected chi connectivity index (χ2v) is 10.8. The molecule has 0 aliphatic rings. The van der Waals surface area contributed by atoms with E-state index in [-0.39, 0.29) is 0 Å². The summed E-state index contributed by atoms with van der Waals surface area (Å²) >= 11 is 0. The first-order valence-electron chi connectivity index (χ1n) is 14.8. The van der Waals surface area contributed by atoms with E-state index in [1.807, 2.05) is 18.5 Å². The zero-order valence-corrected chi connectivity index (χ0v) is 24.7. The standard InChI is InChI=1S/C34H49N5/c1-6-27(2)25-33-29(4)31(17-21-37-33)35-19-11-7-9-13-23-39(5)24-14-10-8-12-20-36-32-18-22-38-34-26-28(3)15-16-30(32)34/h6,15-18,21-22,25-26H,1,7-14,19-20,23-24H2,2-5H3,(H,35,37)(H,36,38)/b27-25-. The van der Waals surface area contributed by atoms with E-state index in [9.17, 15) is 0 Å². The van der Waals surface area contributed by atoms with Crippen molar-refractivity contribution in [2.24, 2.45) is 0 Å². The lowest BCUT2D eigenvalue weighted by Gasteiger charge is -2.16. The molecule has 0 saturated heterocycles. The van der Waals surface area contributed by atoms with Crippen LogP contribution in [0.1, 0.15) is 75.1 Å². The van der Waals surface area contributed by atoms with Crippen LogP contribution in [0.2, 0.25) is 0 Å². The number of fused-ring (bicyclic) bond motifs is 1. The highest BCUT2D eigenvalue weighted by atomic mass is 15.1. The molecule has 2 aromatic heterocycles. The number of nitrogens with one attached hydrogen (secondary N) is 2. The molecule has 3 rings (SSSR count). The first-order valence-corrected chi connectivity index (χ1v) is 14.8. The Morgan fingerprint density at radius 3 is 2.13 bits per heavy atom. The van der Waals surface area contributed by atoms with Crippen molar-refractivity contribution in [3.05, 3.63) is 77.8 Å². The molecule has 0 amide bonds. The number of allylic oxidation sites excluding steroid dienone is 2. The van der Waals surface area contributed by atoms with Gasteiger partial charge in [-0.05, 0) is 108 Å². The van der Waals surface area contributed by atoms with Crippen molar-refractivity contribution in [3.8, 4) is 0 Å². The number of anilines is 2. The topological polar surface area (TPSA) is 53.1 Å². The number of aryl methyl sites for hydroxylation is 1. The Morgan fingerprint density at radius 1 is 0.821 bits per heavy atom. The maximum absolute atomic E-state index is 4.50. The summed E-state index contributed by atoms with van der Waals surface area (Å²) < 4.78 is 0. The molecule has 0 atom stereocenters. The summed E-state index contributed by atoms with van der Waals surface area (Å²) in [6.07, 6.45) is 17.9. The van der Waals surface area contributed by atoms with E-state index < -0.39 is 0 Å². The number of benzene rings is 1. The lowest BCUT2D eigenvalue weighted by Crippen LogP contribution is -2.21. The Kier molecular flexibility index (Phi) is 13.0. The van der Waals surface area contributed by atoms with Gasteiger partial charge in [-0.1, -0.05) is 50.5 Å². The summed E-state index contributed by atoms with van der Waals surface area (Å²) in [6.45, 7) is 14.6. The first kappa shape index (κ1) is 30.4. The second kappa shape index (κ2) is 16.7. The van der Waals surface area contributed by atoms with Crippen LogP contribution >= 0.6 is 0 Å². The van der Waals surface area contributed by atoms with Gasteiger partial charge in [0.15, 0.2) is 0 Å². The van der Waals surface area contributed by atoms with Gasteiger partial charge in [0.2, 0.25) is 0 Å². The van der Waals surface area contributed by atoms with Crippen LogP contribution in [0.4, 0.5) is 11.4 Å². The van der Waals surface area contributed by atoms with E-state index in [1.54, 1.807) is 0 Å². The summed E-state index contributed by atoms with van der Waals surface area (Å²) in [5, 5.41) is 8.43. The third kappa shape index (κ3) is 10.5. The van der Waals surface area contributed by atoms with Crippen LogP contribution in [-0.2, 0) is 0 Å². The van der Waals surface area contributed by atoms with Gasteiger partial charge in [0.1, 0.15) is 0 Å². The Morgan fingerprint density at radius 2 is 1.44 bits per heavy atom. The van der Waals surface area contributed by atoms with Gasteiger partial charge in [0, 0.05) is 42.2 Å². The van der Waals surface area contributed by atoms with E-state index in [4.69, 9.17) is 0 Å². The molecule has 2 N–H and O–H groups in total. The van der Waals surface area contributed by atoms with E-state index >= 15 is 0 Å². The van der Waals surface area contributed by atoms with Crippen molar-refractivity contribution in [1.29, 1.82) is 0 Å². The molecular formula is C34H49N5. The van der Waals surface area contributed by atoms with Crippen LogP contribution in [0.25, 0.3) is 17.0 Å². The van der Waals surface area contributed by atoms with Crippen molar-refractivity contribution in [2.75, 3.05) is 43.9 Å². The molecule has 1 aromatic carbocycles. The van der Waals surface area contributed by atoms with Gasteiger partial charge < -0.3 is 15.5 Å². The second-order valence-electron chi connectivity index (χ2n) is 10.8. The lowest BCUT2D eigenvalue weighted by molar-refractivity contribution is 0.315. The molecule has 0 aliphatic carbocycles. The Hall–Kier alpha value is -3.18. The maximum atomic E-state index is 4.50.